The Hall–Kier alpha value is -0.750. The topological polar surface area (TPSA) is 32.7 Å². The fourth-order valence-corrected chi connectivity index (χ4v) is 3.88. The molecular weight excluding hydrogens is 324 g/mol. The van der Waals surface area contributed by atoms with E-state index in [0.29, 0.717) is 32.5 Å². The molecular formula is C17H22ClF2NO2. The first-order valence-electron chi connectivity index (χ1n) is 8.01. The minimum Gasteiger partial charge on any atom is -0.390 e. The molecule has 128 valence electrons. The first-order chi connectivity index (χ1) is 10.8. The maximum atomic E-state index is 14.0. The second-order valence-electron chi connectivity index (χ2n) is 7.05. The minimum absolute atomic E-state index is 0.0185. The van der Waals surface area contributed by atoms with Gasteiger partial charge in [-0.15, -0.1) is 0 Å². The zero-order chi connectivity index (χ0) is 16.7. The van der Waals surface area contributed by atoms with Gasteiger partial charge in [0.15, 0.2) is 0 Å². The molecule has 1 atom stereocenters. The van der Waals surface area contributed by atoms with Crippen LogP contribution in [0, 0.1) is 11.6 Å². The van der Waals surface area contributed by atoms with Crippen molar-refractivity contribution in [2.24, 2.45) is 0 Å². The summed E-state index contributed by atoms with van der Waals surface area (Å²) in [6.07, 6.45) is 2.78. The van der Waals surface area contributed by atoms with Gasteiger partial charge in [-0.25, -0.2) is 8.78 Å². The van der Waals surface area contributed by atoms with Gasteiger partial charge >= 0.3 is 0 Å². The lowest BCUT2D eigenvalue weighted by molar-refractivity contribution is -0.173. The number of ether oxygens (including phenoxy) is 1. The summed E-state index contributed by atoms with van der Waals surface area (Å²) in [7, 11) is 0. The number of nitrogens with zero attached hydrogens (tertiary/aromatic N) is 1. The van der Waals surface area contributed by atoms with Gasteiger partial charge < -0.3 is 9.84 Å². The summed E-state index contributed by atoms with van der Waals surface area (Å²) in [4.78, 5) is 2.01. The van der Waals surface area contributed by atoms with Crippen molar-refractivity contribution >= 4 is 11.6 Å². The molecule has 1 aromatic carbocycles. The molecule has 2 heterocycles. The van der Waals surface area contributed by atoms with Crippen LogP contribution in [-0.2, 0) is 11.3 Å². The maximum absolute atomic E-state index is 14.0. The summed E-state index contributed by atoms with van der Waals surface area (Å²) in [5, 5.41) is 10.2. The Morgan fingerprint density at radius 1 is 1.26 bits per heavy atom. The number of likely N-dealkylation sites (tertiary alicyclic amines) is 1. The molecule has 2 aliphatic heterocycles. The maximum Gasteiger partial charge on any atom is 0.149 e. The van der Waals surface area contributed by atoms with Crippen molar-refractivity contribution in [3.63, 3.8) is 0 Å². The van der Waals surface area contributed by atoms with Crippen LogP contribution in [0.3, 0.4) is 0 Å². The Balaban J connectivity index is 1.65. The summed E-state index contributed by atoms with van der Waals surface area (Å²) in [5.41, 5.74) is -0.972. The highest BCUT2D eigenvalue weighted by Gasteiger charge is 2.44. The van der Waals surface area contributed by atoms with E-state index in [2.05, 4.69) is 0 Å². The van der Waals surface area contributed by atoms with Crippen LogP contribution in [0.4, 0.5) is 8.78 Å². The number of hydrogen-bond acceptors (Lipinski definition) is 3. The van der Waals surface area contributed by atoms with Gasteiger partial charge in [-0.2, -0.15) is 0 Å². The molecule has 3 rings (SSSR count). The molecule has 1 N–H and O–H groups in total. The van der Waals surface area contributed by atoms with Crippen LogP contribution < -0.4 is 0 Å². The van der Waals surface area contributed by atoms with Crippen LogP contribution >= 0.6 is 11.6 Å². The lowest BCUT2D eigenvalue weighted by Crippen LogP contribution is -2.53. The van der Waals surface area contributed by atoms with E-state index < -0.39 is 17.2 Å². The van der Waals surface area contributed by atoms with Crippen molar-refractivity contribution in [3.8, 4) is 0 Å². The van der Waals surface area contributed by atoms with E-state index >= 15 is 0 Å². The third kappa shape index (κ3) is 3.68. The Labute approximate surface area is 140 Å². The van der Waals surface area contributed by atoms with Crippen LogP contribution in [0.1, 0.15) is 38.2 Å². The van der Waals surface area contributed by atoms with Crippen molar-refractivity contribution < 1.29 is 18.6 Å². The van der Waals surface area contributed by atoms with Crippen molar-refractivity contribution in [2.75, 3.05) is 19.7 Å². The van der Waals surface area contributed by atoms with Gasteiger partial charge in [0.1, 0.15) is 11.6 Å². The largest absolute Gasteiger partial charge is 0.390 e. The lowest BCUT2D eigenvalue weighted by Gasteiger charge is -2.48. The monoisotopic (exact) mass is 345 g/mol. The fourth-order valence-electron chi connectivity index (χ4n) is 3.70. The van der Waals surface area contributed by atoms with Crippen LogP contribution in [-0.4, -0.2) is 40.9 Å². The summed E-state index contributed by atoms with van der Waals surface area (Å²) >= 11 is 5.74. The fraction of sp³-hybridized carbons (Fsp3) is 0.647. The zero-order valence-corrected chi connectivity index (χ0v) is 14.0. The van der Waals surface area contributed by atoms with Crippen molar-refractivity contribution in [1.82, 2.24) is 4.90 Å². The van der Waals surface area contributed by atoms with Gasteiger partial charge in [-0.05, 0) is 38.3 Å². The standard InChI is InChI=1S/C17H22ClF2NO2/c1-16(22)6-9-23-17(11-16)4-7-21(8-5-17)10-12-14(19)3-2-13(18)15(12)20/h2-3,22H,4-11H2,1H3. The third-order valence-corrected chi connectivity index (χ3v) is 5.33. The molecule has 3 nitrogen and oxygen atoms in total. The van der Waals surface area contributed by atoms with E-state index in [1.165, 1.54) is 12.1 Å². The van der Waals surface area contributed by atoms with Gasteiger partial charge in [0, 0.05) is 31.6 Å². The Morgan fingerprint density at radius 3 is 2.61 bits per heavy atom. The van der Waals surface area contributed by atoms with Crippen LogP contribution in [0.15, 0.2) is 12.1 Å². The zero-order valence-electron chi connectivity index (χ0n) is 13.2. The van der Waals surface area contributed by atoms with Crippen molar-refractivity contribution in [3.05, 3.63) is 34.4 Å². The second-order valence-corrected chi connectivity index (χ2v) is 7.46. The van der Waals surface area contributed by atoms with Gasteiger partial charge in [0.2, 0.25) is 0 Å². The molecule has 1 unspecified atom stereocenters. The quantitative estimate of drug-likeness (QED) is 0.832. The second kappa shape index (κ2) is 6.28. The van der Waals surface area contributed by atoms with Gasteiger partial charge in [0.05, 0.1) is 22.8 Å². The molecule has 0 bridgehead atoms. The van der Waals surface area contributed by atoms with E-state index in [-0.39, 0.29) is 22.7 Å². The van der Waals surface area contributed by atoms with E-state index in [4.69, 9.17) is 16.3 Å². The first-order valence-corrected chi connectivity index (χ1v) is 8.39. The number of benzene rings is 1. The highest BCUT2D eigenvalue weighted by atomic mass is 35.5. The molecule has 0 aromatic heterocycles. The van der Waals surface area contributed by atoms with Crippen LogP contribution in [0.25, 0.3) is 0 Å². The molecule has 1 spiro atoms. The number of halogens is 3. The van der Waals surface area contributed by atoms with Crippen LogP contribution in [0.5, 0.6) is 0 Å². The normalized spacial score (nSPS) is 28.2. The van der Waals surface area contributed by atoms with E-state index in [0.717, 1.165) is 12.8 Å². The molecule has 1 aromatic rings. The van der Waals surface area contributed by atoms with E-state index in [9.17, 15) is 13.9 Å². The molecule has 0 amide bonds. The summed E-state index contributed by atoms with van der Waals surface area (Å²) in [6, 6.07) is 2.44. The molecule has 0 radical (unpaired) electrons. The summed E-state index contributed by atoms with van der Waals surface area (Å²) < 4.78 is 33.8. The molecule has 23 heavy (non-hydrogen) atoms. The SMILES string of the molecule is CC1(O)CCOC2(CCN(Cc3c(F)ccc(Cl)c3F)CC2)C1. The van der Waals surface area contributed by atoms with Crippen molar-refractivity contribution in [2.45, 2.75) is 50.4 Å². The molecule has 2 aliphatic rings. The highest BCUT2D eigenvalue weighted by molar-refractivity contribution is 6.30. The van der Waals surface area contributed by atoms with Gasteiger partial charge in [0.25, 0.3) is 0 Å². The third-order valence-electron chi connectivity index (χ3n) is 5.04. The Bertz CT molecular complexity index is 586. The smallest absolute Gasteiger partial charge is 0.149 e. The molecule has 0 aliphatic carbocycles. The number of aliphatic hydroxyl groups is 1. The predicted octanol–water partition coefficient (Wildman–Crippen LogP) is 3.51. The number of piperidine rings is 1. The van der Waals surface area contributed by atoms with Gasteiger partial charge in [-0.1, -0.05) is 11.6 Å². The average molecular weight is 346 g/mol. The Kier molecular flexibility index (Phi) is 4.67. The predicted molar refractivity (Wildman–Crippen MR) is 84.4 cm³/mol. The molecule has 0 saturated carbocycles. The summed E-state index contributed by atoms with van der Waals surface area (Å²) in [5.74, 6) is -1.24. The lowest BCUT2D eigenvalue weighted by atomic mass is 9.78. The molecule has 2 saturated heterocycles. The highest BCUT2D eigenvalue weighted by Crippen LogP contribution is 2.39. The van der Waals surface area contributed by atoms with Crippen LogP contribution in [0.2, 0.25) is 5.02 Å². The van der Waals surface area contributed by atoms with Crippen molar-refractivity contribution in [1.29, 1.82) is 0 Å². The number of rotatable bonds is 2. The number of hydrogen-bond donors (Lipinski definition) is 1. The van der Waals surface area contributed by atoms with E-state index in [1.807, 2.05) is 11.8 Å². The minimum atomic E-state index is -0.689. The Morgan fingerprint density at radius 2 is 1.96 bits per heavy atom. The summed E-state index contributed by atoms with van der Waals surface area (Å²) in [6.45, 7) is 3.97. The first kappa shape index (κ1) is 17.1. The van der Waals surface area contributed by atoms with E-state index in [1.54, 1.807) is 0 Å². The molecule has 2 fully saturated rings. The molecule has 6 heteroatoms. The average Bonchev–Trinajstić information content (AvgIpc) is 2.49. The van der Waals surface area contributed by atoms with Gasteiger partial charge in [-0.3, -0.25) is 4.90 Å².